The van der Waals surface area contributed by atoms with Crippen LogP contribution in [0.25, 0.3) is 0 Å². The van der Waals surface area contributed by atoms with Crippen molar-refractivity contribution in [1.82, 2.24) is 10.1 Å². The van der Waals surface area contributed by atoms with E-state index < -0.39 is 0 Å². The minimum Gasteiger partial charge on any atom is -0.363 e. The Morgan fingerprint density at radius 3 is 2.61 bits per heavy atom. The molecule has 0 spiro atoms. The van der Waals surface area contributed by atoms with Gasteiger partial charge in [-0.05, 0) is 24.2 Å². The van der Waals surface area contributed by atoms with E-state index >= 15 is 0 Å². The van der Waals surface area contributed by atoms with Crippen LogP contribution in [-0.2, 0) is 9.59 Å². The van der Waals surface area contributed by atoms with Gasteiger partial charge in [0.25, 0.3) is 0 Å². The van der Waals surface area contributed by atoms with Gasteiger partial charge in [0.15, 0.2) is 5.82 Å². The third kappa shape index (κ3) is 7.81. The van der Waals surface area contributed by atoms with E-state index in [0.717, 1.165) is 12.8 Å². The summed E-state index contributed by atoms with van der Waals surface area (Å²) in [5.41, 5.74) is 0.194. The Bertz CT molecular complexity index is 492. The van der Waals surface area contributed by atoms with Crippen LogP contribution in [0, 0.1) is 11.3 Å². The second kappa shape index (κ2) is 8.70. The molecule has 1 aromatic rings. The summed E-state index contributed by atoms with van der Waals surface area (Å²) in [6, 6.07) is 1.56. The van der Waals surface area contributed by atoms with E-state index in [1.807, 2.05) is 6.92 Å². The fourth-order valence-corrected chi connectivity index (χ4v) is 2.74. The highest BCUT2D eigenvalue weighted by Gasteiger charge is 2.22. The Kier molecular flexibility index (Phi) is 7.26. The molecule has 0 bridgehead atoms. The minimum atomic E-state index is -0.260. The molecule has 0 fully saturated rings. The molecule has 6 heteroatoms. The molecular formula is C17H29N3O3. The van der Waals surface area contributed by atoms with Gasteiger partial charge in [0.1, 0.15) is 6.26 Å². The molecule has 0 unspecified atom stereocenters. The van der Waals surface area contributed by atoms with E-state index in [0.29, 0.717) is 24.7 Å². The summed E-state index contributed by atoms with van der Waals surface area (Å²) >= 11 is 0. The predicted molar refractivity (Wildman–Crippen MR) is 89.9 cm³/mol. The molecule has 0 saturated carbocycles. The van der Waals surface area contributed by atoms with Crippen molar-refractivity contribution in [3.63, 3.8) is 0 Å². The highest BCUT2D eigenvalue weighted by molar-refractivity contribution is 5.93. The highest BCUT2D eigenvalue weighted by atomic mass is 16.5. The molecule has 1 aromatic heterocycles. The predicted octanol–water partition coefficient (Wildman–Crippen LogP) is 3.31. The van der Waals surface area contributed by atoms with Crippen LogP contribution in [-0.4, -0.2) is 35.0 Å². The second-order valence-electron chi connectivity index (χ2n) is 7.32. The van der Waals surface area contributed by atoms with Crippen molar-refractivity contribution in [1.29, 1.82) is 0 Å². The molecule has 23 heavy (non-hydrogen) atoms. The lowest BCUT2D eigenvalue weighted by Crippen LogP contribution is -2.39. The Labute approximate surface area is 138 Å². The third-order valence-corrected chi connectivity index (χ3v) is 3.37. The van der Waals surface area contributed by atoms with Gasteiger partial charge in [0.2, 0.25) is 11.8 Å². The first-order chi connectivity index (χ1) is 10.7. The molecule has 1 heterocycles. The van der Waals surface area contributed by atoms with Crippen molar-refractivity contribution in [2.75, 3.05) is 18.4 Å². The minimum absolute atomic E-state index is 0.0268. The van der Waals surface area contributed by atoms with Gasteiger partial charge in [-0.25, -0.2) is 0 Å². The molecule has 2 amide bonds. The quantitative estimate of drug-likeness (QED) is 0.796. The first-order valence-electron chi connectivity index (χ1n) is 8.19. The van der Waals surface area contributed by atoms with Crippen molar-refractivity contribution in [3.8, 4) is 0 Å². The zero-order chi connectivity index (χ0) is 17.5. The molecule has 130 valence electrons. The summed E-state index contributed by atoms with van der Waals surface area (Å²) in [6.45, 7) is 11.2. The molecule has 6 nitrogen and oxygen atoms in total. The summed E-state index contributed by atoms with van der Waals surface area (Å²) in [5.74, 6) is 0.420. The van der Waals surface area contributed by atoms with Crippen molar-refractivity contribution in [2.45, 2.75) is 53.9 Å². The number of hydrogen-bond acceptors (Lipinski definition) is 4. The summed E-state index contributed by atoms with van der Waals surface area (Å²) in [7, 11) is 0. The molecule has 1 N–H and O–H groups in total. The van der Waals surface area contributed by atoms with Crippen LogP contribution in [0.5, 0.6) is 0 Å². The summed E-state index contributed by atoms with van der Waals surface area (Å²) < 4.78 is 4.67. The number of hydrogen-bond donors (Lipinski definition) is 1. The highest BCUT2D eigenvalue weighted by Crippen LogP contribution is 2.26. The molecule has 0 radical (unpaired) electrons. The van der Waals surface area contributed by atoms with E-state index in [4.69, 9.17) is 0 Å². The number of rotatable bonds is 8. The number of carbonyl (C=O) groups is 2. The average molecular weight is 323 g/mol. The normalized spacial score (nSPS) is 12.7. The van der Waals surface area contributed by atoms with E-state index in [9.17, 15) is 9.59 Å². The second-order valence-corrected chi connectivity index (χ2v) is 7.32. The number of nitrogens with one attached hydrogen (secondary N) is 1. The van der Waals surface area contributed by atoms with Gasteiger partial charge >= 0.3 is 0 Å². The summed E-state index contributed by atoms with van der Waals surface area (Å²) in [6.07, 6.45) is 3.65. The fraction of sp³-hybridized carbons (Fsp3) is 0.706. The van der Waals surface area contributed by atoms with Gasteiger partial charge in [-0.15, -0.1) is 0 Å². The van der Waals surface area contributed by atoms with E-state index in [1.165, 1.54) is 6.26 Å². The maximum atomic E-state index is 12.5. The molecule has 0 aliphatic heterocycles. The van der Waals surface area contributed by atoms with Crippen molar-refractivity contribution in [2.24, 2.45) is 11.3 Å². The Morgan fingerprint density at radius 1 is 1.39 bits per heavy atom. The SMILES string of the molecule is CCCN(CC(=O)Nc1ccon1)C(=O)C[C@H](C)CC(C)(C)C. The zero-order valence-electron chi connectivity index (χ0n) is 14.9. The lowest BCUT2D eigenvalue weighted by Gasteiger charge is -2.26. The van der Waals surface area contributed by atoms with Gasteiger partial charge in [0.05, 0.1) is 6.54 Å². The van der Waals surface area contributed by atoms with Crippen LogP contribution in [0.3, 0.4) is 0 Å². The number of nitrogens with zero attached hydrogens (tertiary/aromatic N) is 2. The van der Waals surface area contributed by atoms with Crippen LogP contribution in [0.1, 0.15) is 53.9 Å². The average Bonchev–Trinajstić information content (AvgIpc) is 2.88. The van der Waals surface area contributed by atoms with E-state index in [1.54, 1.807) is 11.0 Å². The maximum absolute atomic E-state index is 12.5. The lowest BCUT2D eigenvalue weighted by atomic mass is 9.84. The van der Waals surface area contributed by atoms with E-state index in [-0.39, 0.29) is 23.8 Å². The van der Waals surface area contributed by atoms with E-state index in [2.05, 4.69) is 42.7 Å². The maximum Gasteiger partial charge on any atom is 0.245 e. The largest absolute Gasteiger partial charge is 0.363 e. The number of anilines is 1. The third-order valence-electron chi connectivity index (χ3n) is 3.37. The Balaban J connectivity index is 2.55. The smallest absolute Gasteiger partial charge is 0.245 e. The van der Waals surface area contributed by atoms with Gasteiger partial charge in [0, 0.05) is 19.0 Å². The van der Waals surface area contributed by atoms with Gasteiger partial charge in [-0.3, -0.25) is 9.59 Å². The van der Waals surface area contributed by atoms with Crippen molar-refractivity contribution >= 4 is 17.6 Å². The summed E-state index contributed by atoms with van der Waals surface area (Å²) in [4.78, 5) is 26.1. The molecule has 1 atom stereocenters. The molecule has 0 aliphatic rings. The molecule has 1 rings (SSSR count). The monoisotopic (exact) mass is 323 g/mol. The van der Waals surface area contributed by atoms with Crippen molar-refractivity contribution in [3.05, 3.63) is 12.3 Å². The summed E-state index contributed by atoms with van der Waals surface area (Å²) in [5, 5.41) is 6.25. The number of amides is 2. The number of aromatic nitrogens is 1. The van der Waals surface area contributed by atoms with Crippen molar-refractivity contribution < 1.29 is 14.1 Å². The van der Waals surface area contributed by atoms with Crippen LogP contribution >= 0.6 is 0 Å². The standard InChI is InChI=1S/C17H29N3O3/c1-6-8-20(12-15(21)18-14-7-9-23-19-14)16(22)10-13(2)11-17(3,4)5/h7,9,13H,6,8,10-12H2,1-5H3,(H,18,19,21)/t13-/m0/s1. The Hall–Kier alpha value is -1.85. The molecule has 0 saturated heterocycles. The number of carbonyl (C=O) groups excluding carboxylic acids is 2. The first-order valence-corrected chi connectivity index (χ1v) is 8.19. The van der Waals surface area contributed by atoms with Gasteiger partial charge < -0.3 is 14.7 Å². The fourth-order valence-electron chi connectivity index (χ4n) is 2.74. The zero-order valence-corrected chi connectivity index (χ0v) is 14.9. The van der Waals surface area contributed by atoms with Gasteiger partial charge in [-0.1, -0.05) is 39.8 Å². The van der Waals surface area contributed by atoms with Gasteiger partial charge in [-0.2, -0.15) is 0 Å². The molecule has 0 aliphatic carbocycles. The Morgan fingerprint density at radius 2 is 2.09 bits per heavy atom. The van der Waals surface area contributed by atoms with Crippen LogP contribution in [0.2, 0.25) is 0 Å². The lowest BCUT2D eigenvalue weighted by molar-refractivity contribution is -0.135. The van der Waals surface area contributed by atoms with Crippen LogP contribution in [0.4, 0.5) is 5.82 Å². The molecule has 0 aromatic carbocycles. The first kappa shape index (κ1) is 19.2. The molecular weight excluding hydrogens is 294 g/mol. The van der Waals surface area contributed by atoms with Crippen LogP contribution in [0.15, 0.2) is 16.9 Å². The van der Waals surface area contributed by atoms with Crippen LogP contribution < -0.4 is 5.32 Å². The topological polar surface area (TPSA) is 75.4 Å².